The summed E-state index contributed by atoms with van der Waals surface area (Å²) in [4.78, 5) is 26.1. The van der Waals surface area contributed by atoms with Gasteiger partial charge in [-0.2, -0.15) is 0 Å². The molecule has 146 valence electrons. The van der Waals surface area contributed by atoms with Crippen LogP contribution in [0, 0.1) is 0 Å². The van der Waals surface area contributed by atoms with E-state index in [0.29, 0.717) is 24.7 Å². The Labute approximate surface area is 148 Å². The highest BCUT2D eigenvalue weighted by atomic mass is 31.2. The first-order valence-corrected chi connectivity index (χ1v) is 10.2. The predicted octanol–water partition coefficient (Wildman–Crippen LogP) is 1.50. The van der Waals surface area contributed by atoms with Gasteiger partial charge in [-0.3, -0.25) is 24.3 Å². The van der Waals surface area contributed by atoms with Crippen molar-refractivity contribution in [2.45, 2.75) is 33.1 Å². The molecule has 0 radical (unpaired) electrons. The third-order valence-electron chi connectivity index (χ3n) is 3.69. The van der Waals surface area contributed by atoms with Crippen LogP contribution in [0.5, 0.6) is 0 Å². The Hall–Kier alpha value is -0.830. The zero-order valence-corrected chi connectivity index (χ0v) is 15.9. The van der Waals surface area contributed by atoms with E-state index in [-0.39, 0.29) is 32.6 Å². The van der Waals surface area contributed by atoms with Gasteiger partial charge in [-0.15, -0.1) is 0 Å². The van der Waals surface area contributed by atoms with E-state index >= 15 is 0 Å². The first-order chi connectivity index (χ1) is 11.9. The van der Waals surface area contributed by atoms with Crippen LogP contribution in [-0.2, 0) is 27.9 Å². The molecular formula is C15H29N2O7P. The van der Waals surface area contributed by atoms with Crippen molar-refractivity contribution in [3.63, 3.8) is 0 Å². The monoisotopic (exact) mass is 380 g/mol. The standard InChI is InChI=1S/C15H29N2O7P/c1-3-23-25(21,24-4-2)15(19)7-6-14(18)17(20)9-5-8-16-10-12-22-13-11-16/h20H,3-13H2,1-2H3. The Morgan fingerprint density at radius 1 is 1.16 bits per heavy atom. The van der Waals surface area contributed by atoms with Crippen LogP contribution in [-0.4, -0.2) is 79.2 Å². The van der Waals surface area contributed by atoms with Crippen molar-refractivity contribution in [2.24, 2.45) is 0 Å². The molecular weight excluding hydrogens is 351 g/mol. The van der Waals surface area contributed by atoms with Gasteiger partial charge in [0.05, 0.1) is 26.4 Å². The molecule has 0 atom stereocenters. The molecule has 25 heavy (non-hydrogen) atoms. The molecule has 1 heterocycles. The Bertz CT molecular complexity index is 459. The summed E-state index contributed by atoms with van der Waals surface area (Å²) in [5.74, 6) is -0.588. The van der Waals surface area contributed by atoms with Crippen molar-refractivity contribution < 1.29 is 33.1 Å². The highest BCUT2D eigenvalue weighted by molar-refractivity contribution is 7.71. The summed E-state index contributed by atoms with van der Waals surface area (Å²) in [6.45, 7) is 7.38. The van der Waals surface area contributed by atoms with E-state index in [1.54, 1.807) is 13.8 Å². The number of amides is 1. The maximum atomic E-state index is 12.2. The van der Waals surface area contributed by atoms with E-state index in [1.165, 1.54) is 0 Å². The molecule has 1 fully saturated rings. The Morgan fingerprint density at radius 2 is 1.76 bits per heavy atom. The molecule has 10 heteroatoms. The van der Waals surface area contributed by atoms with E-state index in [0.717, 1.165) is 19.6 Å². The SMILES string of the molecule is CCOP(=O)(OCC)C(=O)CCC(=O)N(O)CCCN1CCOCC1. The van der Waals surface area contributed by atoms with Crippen molar-refractivity contribution >= 4 is 19.0 Å². The molecule has 0 aromatic heterocycles. The Morgan fingerprint density at radius 3 is 2.32 bits per heavy atom. The molecule has 0 saturated carbocycles. The third-order valence-corrected chi connectivity index (χ3v) is 5.72. The van der Waals surface area contributed by atoms with Gasteiger partial charge in [-0.25, -0.2) is 5.06 Å². The van der Waals surface area contributed by atoms with Gasteiger partial charge in [-0.05, 0) is 20.3 Å². The number of carbonyl (C=O) groups excluding carboxylic acids is 2. The maximum Gasteiger partial charge on any atom is 0.396 e. The number of hydrogen-bond acceptors (Lipinski definition) is 8. The molecule has 0 bridgehead atoms. The van der Waals surface area contributed by atoms with E-state index < -0.39 is 19.0 Å². The average molecular weight is 380 g/mol. The smallest absolute Gasteiger partial charge is 0.379 e. The lowest BCUT2D eigenvalue weighted by atomic mass is 10.3. The largest absolute Gasteiger partial charge is 0.396 e. The van der Waals surface area contributed by atoms with Crippen molar-refractivity contribution in [1.82, 2.24) is 9.96 Å². The van der Waals surface area contributed by atoms with Gasteiger partial charge >= 0.3 is 7.60 Å². The fourth-order valence-corrected chi connectivity index (χ4v) is 3.82. The van der Waals surface area contributed by atoms with E-state index in [4.69, 9.17) is 13.8 Å². The highest BCUT2D eigenvalue weighted by Gasteiger charge is 2.34. The van der Waals surface area contributed by atoms with Gasteiger partial charge in [0.15, 0.2) is 0 Å². The number of hydroxylamine groups is 2. The lowest BCUT2D eigenvalue weighted by Crippen LogP contribution is -2.38. The number of carbonyl (C=O) groups is 2. The van der Waals surface area contributed by atoms with Crippen molar-refractivity contribution in [1.29, 1.82) is 0 Å². The molecule has 0 aliphatic carbocycles. The second-order valence-corrected chi connectivity index (χ2v) is 7.56. The summed E-state index contributed by atoms with van der Waals surface area (Å²) in [6.07, 6.45) is 0.0836. The van der Waals surface area contributed by atoms with Crippen LogP contribution < -0.4 is 0 Å². The van der Waals surface area contributed by atoms with Crippen molar-refractivity contribution in [2.75, 3.05) is 52.6 Å². The van der Waals surface area contributed by atoms with Gasteiger partial charge < -0.3 is 13.8 Å². The first kappa shape index (κ1) is 22.2. The number of ether oxygens (including phenoxy) is 1. The number of morpholine rings is 1. The van der Waals surface area contributed by atoms with Crippen LogP contribution in [0.1, 0.15) is 33.1 Å². The van der Waals surface area contributed by atoms with Gasteiger partial charge in [-0.1, -0.05) is 0 Å². The molecule has 0 unspecified atom stereocenters. The summed E-state index contributed by atoms with van der Waals surface area (Å²) in [5, 5.41) is 10.4. The minimum Gasteiger partial charge on any atom is -0.379 e. The number of nitrogens with zero attached hydrogens (tertiary/aromatic N) is 2. The van der Waals surface area contributed by atoms with Crippen LogP contribution in [0.25, 0.3) is 0 Å². The van der Waals surface area contributed by atoms with E-state index in [9.17, 15) is 19.4 Å². The Balaban J connectivity index is 2.31. The molecule has 0 aromatic rings. The van der Waals surface area contributed by atoms with E-state index in [2.05, 4.69) is 4.90 Å². The molecule has 1 N–H and O–H groups in total. The van der Waals surface area contributed by atoms with Crippen LogP contribution in [0.2, 0.25) is 0 Å². The van der Waals surface area contributed by atoms with Crippen LogP contribution in [0.4, 0.5) is 0 Å². The summed E-state index contributed by atoms with van der Waals surface area (Å²) in [5.41, 5.74) is -0.744. The van der Waals surface area contributed by atoms with E-state index in [1.807, 2.05) is 0 Å². The van der Waals surface area contributed by atoms with Crippen LogP contribution >= 0.6 is 7.60 Å². The van der Waals surface area contributed by atoms with Gasteiger partial charge in [0, 0.05) is 39.0 Å². The van der Waals surface area contributed by atoms with Crippen LogP contribution in [0.3, 0.4) is 0 Å². The molecule has 1 amide bonds. The summed E-state index contributed by atoms with van der Waals surface area (Å²) >= 11 is 0. The van der Waals surface area contributed by atoms with Gasteiger partial charge in [0.2, 0.25) is 11.4 Å². The van der Waals surface area contributed by atoms with Crippen molar-refractivity contribution in [3.05, 3.63) is 0 Å². The summed E-state index contributed by atoms with van der Waals surface area (Å²) in [7, 11) is -3.85. The highest BCUT2D eigenvalue weighted by Crippen LogP contribution is 2.50. The minimum atomic E-state index is -3.85. The Kier molecular flexibility index (Phi) is 10.4. The van der Waals surface area contributed by atoms with Crippen molar-refractivity contribution in [3.8, 4) is 0 Å². The normalized spacial score (nSPS) is 16.0. The summed E-state index contributed by atoms with van der Waals surface area (Å²) < 4.78 is 27.4. The quantitative estimate of drug-likeness (QED) is 0.308. The summed E-state index contributed by atoms with van der Waals surface area (Å²) in [6, 6.07) is 0. The zero-order chi connectivity index (χ0) is 18.7. The fourth-order valence-electron chi connectivity index (χ4n) is 2.39. The molecule has 1 aliphatic heterocycles. The fraction of sp³-hybridized carbons (Fsp3) is 0.867. The minimum absolute atomic E-state index is 0.0740. The molecule has 1 saturated heterocycles. The zero-order valence-electron chi connectivity index (χ0n) is 15.0. The lowest BCUT2D eigenvalue weighted by molar-refractivity contribution is -0.166. The van der Waals surface area contributed by atoms with Gasteiger partial charge in [0.1, 0.15) is 0 Å². The predicted molar refractivity (Wildman–Crippen MR) is 90.5 cm³/mol. The maximum absolute atomic E-state index is 12.2. The third kappa shape index (κ3) is 7.94. The molecule has 0 spiro atoms. The van der Waals surface area contributed by atoms with Crippen LogP contribution in [0.15, 0.2) is 0 Å². The number of rotatable bonds is 12. The first-order valence-electron chi connectivity index (χ1n) is 8.64. The second kappa shape index (κ2) is 11.7. The molecule has 0 aromatic carbocycles. The topological polar surface area (TPSA) is 106 Å². The lowest BCUT2D eigenvalue weighted by Gasteiger charge is -2.27. The molecule has 9 nitrogen and oxygen atoms in total. The molecule has 1 rings (SSSR count). The van der Waals surface area contributed by atoms with Gasteiger partial charge in [0.25, 0.3) is 0 Å². The number of hydrogen-bond donors (Lipinski definition) is 1. The average Bonchev–Trinajstić information content (AvgIpc) is 2.60. The molecule has 1 aliphatic rings. The second-order valence-electron chi connectivity index (χ2n) is 5.55.